The number of amides is 3. The van der Waals surface area contributed by atoms with Crippen LogP contribution in [-0.2, 0) is 9.53 Å². The molecule has 1 fully saturated rings. The average Bonchev–Trinajstić information content (AvgIpc) is 2.98. The van der Waals surface area contributed by atoms with Crippen molar-refractivity contribution < 1.29 is 33.3 Å². The van der Waals surface area contributed by atoms with Gasteiger partial charge in [-0.3, -0.25) is 14.6 Å². The molecule has 2 aromatic carbocycles. The smallest absolute Gasteiger partial charge is 0.338 e. The molecule has 2 aromatic rings. The van der Waals surface area contributed by atoms with Crippen LogP contribution in [0.3, 0.4) is 0 Å². The van der Waals surface area contributed by atoms with E-state index in [-0.39, 0.29) is 18.5 Å². The van der Waals surface area contributed by atoms with E-state index >= 15 is 0 Å². The number of likely N-dealkylation sites (N-methyl/N-ethyl adjacent to an activating group) is 1. The second-order valence-electron chi connectivity index (χ2n) is 9.40. The Hall–Kier alpha value is -4.25. The third-order valence-electron chi connectivity index (χ3n) is 7.19. The Bertz CT molecular complexity index is 1270. The minimum absolute atomic E-state index is 0.0481. The number of hydrogen-bond donors (Lipinski definition) is 1. The predicted octanol–water partition coefficient (Wildman–Crippen LogP) is 2.68. The van der Waals surface area contributed by atoms with Crippen LogP contribution in [-0.4, -0.2) is 100 Å². The first kappa shape index (κ1) is 28.8. The van der Waals surface area contributed by atoms with Gasteiger partial charge < -0.3 is 29.2 Å². The van der Waals surface area contributed by atoms with Crippen molar-refractivity contribution in [2.45, 2.75) is 13.0 Å². The first-order valence-corrected chi connectivity index (χ1v) is 13.1. The molecule has 2 aliphatic rings. The molecule has 40 heavy (non-hydrogen) atoms. The highest BCUT2D eigenvalue weighted by molar-refractivity contribution is 5.96. The van der Waals surface area contributed by atoms with Gasteiger partial charge in [-0.2, -0.15) is 0 Å². The number of para-hydroxylation sites is 1. The Morgan fingerprint density at radius 1 is 0.950 bits per heavy atom. The van der Waals surface area contributed by atoms with Crippen molar-refractivity contribution in [2.75, 3.05) is 67.7 Å². The molecule has 0 saturated carbocycles. The van der Waals surface area contributed by atoms with Crippen molar-refractivity contribution in [3.8, 4) is 17.2 Å². The van der Waals surface area contributed by atoms with Gasteiger partial charge in [0, 0.05) is 56.6 Å². The number of piperazine rings is 1. The lowest BCUT2D eigenvalue weighted by Crippen LogP contribution is -2.53. The van der Waals surface area contributed by atoms with Gasteiger partial charge in [0.1, 0.15) is 5.75 Å². The SMILES string of the molecule is CCOC(=O)C1=C(CN2CCN(C(=O)c3ccc(OC)cc3)CC2)N(C)C(=O)NC1c1cccc(OC)c1OC. The van der Waals surface area contributed by atoms with Crippen LogP contribution in [0.1, 0.15) is 28.9 Å². The van der Waals surface area contributed by atoms with Gasteiger partial charge in [-0.05, 0) is 37.3 Å². The van der Waals surface area contributed by atoms with Crippen molar-refractivity contribution in [3.63, 3.8) is 0 Å². The molecule has 214 valence electrons. The summed E-state index contributed by atoms with van der Waals surface area (Å²) >= 11 is 0. The summed E-state index contributed by atoms with van der Waals surface area (Å²) in [6, 6.07) is 11.2. The minimum atomic E-state index is -0.805. The minimum Gasteiger partial charge on any atom is -0.497 e. The first-order valence-electron chi connectivity index (χ1n) is 13.1. The second kappa shape index (κ2) is 12.7. The largest absolute Gasteiger partial charge is 0.497 e. The van der Waals surface area contributed by atoms with E-state index in [9.17, 15) is 14.4 Å². The van der Waals surface area contributed by atoms with Crippen LogP contribution in [0, 0.1) is 0 Å². The standard InChI is InChI=1S/C29H36N4O7/c1-6-40-28(35)24-22(31(2)29(36)30-25(24)21-8-7-9-23(38-4)26(21)39-5)18-32-14-16-33(17-15-32)27(34)19-10-12-20(37-3)13-11-19/h7-13,25H,6,14-18H2,1-5H3,(H,30,36). The highest BCUT2D eigenvalue weighted by Gasteiger charge is 2.39. The normalized spacial score (nSPS) is 17.8. The number of nitrogens with zero attached hydrogens (tertiary/aromatic N) is 3. The molecule has 2 heterocycles. The molecule has 0 aromatic heterocycles. The van der Waals surface area contributed by atoms with Gasteiger partial charge in [0.15, 0.2) is 11.5 Å². The molecular formula is C29H36N4O7. The number of rotatable bonds is 9. The molecule has 11 heteroatoms. The van der Waals surface area contributed by atoms with E-state index in [1.165, 1.54) is 19.1 Å². The van der Waals surface area contributed by atoms with E-state index in [0.717, 1.165) is 0 Å². The lowest BCUT2D eigenvalue weighted by atomic mass is 9.93. The topological polar surface area (TPSA) is 110 Å². The summed E-state index contributed by atoms with van der Waals surface area (Å²) in [6.45, 7) is 4.41. The first-order chi connectivity index (χ1) is 19.3. The molecule has 3 amide bonds. The number of methoxy groups -OCH3 is 3. The Kier molecular flexibility index (Phi) is 9.15. The molecule has 0 radical (unpaired) electrons. The third kappa shape index (κ3) is 5.84. The van der Waals surface area contributed by atoms with E-state index in [2.05, 4.69) is 10.2 Å². The average molecular weight is 553 g/mol. The molecule has 1 atom stereocenters. The van der Waals surface area contributed by atoms with E-state index in [1.807, 2.05) is 0 Å². The van der Waals surface area contributed by atoms with E-state index < -0.39 is 12.0 Å². The zero-order valence-electron chi connectivity index (χ0n) is 23.6. The van der Waals surface area contributed by atoms with Crippen molar-refractivity contribution >= 4 is 17.9 Å². The molecule has 4 rings (SSSR count). The van der Waals surface area contributed by atoms with Gasteiger partial charge in [0.05, 0.1) is 39.6 Å². The number of esters is 1. The van der Waals surface area contributed by atoms with Crippen LogP contribution in [0.4, 0.5) is 4.79 Å². The highest BCUT2D eigenvalue weighted by atomic mass is 16.5. The van der Waals surface area contributed by atoms with Crippen LogP contribution >= 0.6 is 0 Å². The van der Waals surface area contributed by atoms with E-state index in [0.29, 0.717) is 72.4 Å². The van der Waals surface area contributed by atoms with Gasteiger partial charge in [-0.25, -0.2) is 9.59 Å². The predicted molar refractivity (Wildman–Crippen MR) is 148 cm³/mol. The number of ether oxygens (including phenoxy) is 4. The van der Waals surface area contributed by atoms with Gasteiger partial charge in [-0.15, -0.1) is 0 Å². The number of nitrogens with one attached hydrogen (secondary N) is 1. The number of carbonyl (C=O) groups excluding carboxylic acids is 3. The van der Waals surface area contributed by atoms with Gasteiger partial charge >= 0.3 is 12.0 Å². The van der Waals surface area contributed by atoms with Crippen molar-refractivity contribution in [1.82, 2.24) is 20.0 Å². The Labute approximate surface area is 234 Å². The fourth-order valence-corrected chi connectivity index (χ4v) is 5.01. The molecule has 1 unspecified atom stereocenters. The van der Waals surface area contributed by atoms with Gasteiger partial charge in [0.25, 0.3) is 5.91 Å². The Morgan fingerprint density at radius 2 is 1.65 bits per heavy atom. The van der Waals surface area contributed by atoms with Crippen LogP contribution < -0.4 is 19.5 Å². The number of urea groups is 1. The summed E-state index contributed by atoms with van der Waals surface area (Å²) < 4.78 is 21.7. The summed E-state index contributed by atoms with van der Waals surface area (Å²) in [4.78, 5) is 44.9. The summed E-state index contributed by atoms with van der Waals surface area (Å²) in [7, 11) is 6.26. The van der Waals surface area contributed by atoms with E-state index in [4.69, 9.17) is 18.9 Å². The molecular weight excluding hydrogens is 516 g/mol. The summed E-state index contributed by atoms with van der Waals surface area (Å²) in [5.41, 5.74) is 2.04. The molecule has 0 aliphatic carbocycles. The van der Waals surface area contributed by atoms with Crippen LogP contribution in [0.5, 0.6) is 17.2 Å². The van der Waals surface area contributed by atoms with Crippen LogP contribution in [0.2, 0.25) is 0 Å². The van der Waals surface area contributed by atoms with Crippen LogP contribution in [0.25, 0.3) is 0 Å². The number of benzene rings is 2. The Balaban J connectivity index is 1.60. The fourth-order valence-electron chi connectivity index (χ4n) is 5.01. The monoisotopic (exact) mass is 552 g/mol. The maximum absolute atomic E-state index is 13.4. The summed E-state index contributed by atoms with van der Waals surface area (Å²) in [5, 5.41) is 2.93. The number of hydrogen-bond acceptors (Lipinski definition) is 8. The maximum atomic E-state index is 13.4. The van der Waals surface area contributed by atoms with Crippen molar-refractivity contribution in [3.05, 3.63) is 64.9 Å². The zero-order valence-corrected chi connectivity index (χ0v) is 23.6. The molecule has 0 bridgehead atoms. The molecule has 0 spiro atoms. The highest BCUT2D eigenvalue weighted by Crippen LogP contribution is 2.40. The quantitative estimate of drug-likeness (QED) is 0.473. The molecule has 2 aliphatic heterocycles. The van der Waals surface area contributed by atoms with Crippen molar-refractivity contribution in [1.29, 1.82) is 0 Å². The van der Waals surface area contributed by atoms with E-state index in [1.54, 1.807) is 68.4 Å². The Morgan fingerprint density at radius 3 is 2.25 bits per heavy atom. The second-order valence-corrected chi connectivity index (χ2v) is 9.40. The molecule has 1 N–H and O–H groups in total. The number of carbonyl (C=O) groups is 3. The lowest BCUT2D eigenvalue weighted by Gasteiger charge is -2.39. The van der Waals surface area contributed by atoms with Gasteiger partial charge in [0.2, 0.25) is 0 Å². The molecule has 1 saturated heterocycles. The fraction of sp³-hybridized carbons (Fsp3) is 0.414. The van der Waals surface area contributed by atoms with Gasteiger partial charge in [-0.1, -0.05) is 12.1 Å². The maximum Gasteiger partial charge on any atom is 0.338 e. The third-order valence-corrected chi connectivity index (χ3v) is 7.19. The van der Waals surface area contributed by atoms with Crippen molar-refractivity contribution in [2.24, 2.45) is 0 Å². The van der Waals surface area contributed by atoms with Crippen LogP contribution in [0.15, 0.2) is 53.7 Å². The zero-order chi connectivity index (χ0) is 28.8. The molecule has 11 nitrogen and oxygen atoms in total. The summed E-state index contributed by atoms with van der Waals surface area (Å²) in [5.74, 6) is 1.03. The summed E-state index contributed by atoms with van der Waals surface area (Å²) in [6.07, 6.45) is 0. The lowest BCUT2D eigenvalue weighted by molar-refractivity contribution is -0.139.